The molecule has 3 heteroatoms. The van der Waals surface area contributed by atoms with Crippen molar-refractivity contribution in [3.63, 3.8) is 0 Å². The van der Waals surface area contributed by atoms with Gasteiger partial charge in [0.25, 0.3) is 0 Å². The molecule has 2 aromatic rings. The van der Waals surface area contributed by atoms with Gasteiger partial charge in [0.2, 0.25) is 0 Å². The maximum atomic E-state index is 7.97. The summed E-state index contributed by atoms with van der Waals surface area (Å²) < 4.78 is 0. The second-order valence-corrected chi connectivity index (χ2v) is 6.66. The second kappa shape index (κ2) is 8.88. The largest absolute Gasteiger partial charge is 0.298 e. The molecule has 0 aliphatic heterocycles. The summed E-state index contributed by atoms with van der Waals surface area (Å²) in [5.74, 6) is 2.97. The van der Waals surface area contributed by atoms with Gasteiger partial charge in [0.1, 0.15) is 0 Å². The first-order chi connectivity index (χ1) is 9.84. The lowest BCUT2D eigenvalue weighted by Crippen LogP contribution is -1.94. The SMILES string of the molecule is N=C(CCSCc1ccccc1)SCc1ccccc1. The van der Waals surface area contributed by atoms with E-state index in [1.807, 2.05) is 23.9 Å². The van der Waals surface area contributed by atoms with Crippen molar-refractivity contribution in [2.45, 2.75) is 17.9 Å². The first-order valence-corrected chi connectivity index (χ1v) is 8.84. The molecule has 1 N–H and O–H groups in total. The van der Waals surface area contributed by atoms with E-state index in [4.69, 9.17) is 5.41 Å². The normalized spacial score (nSPS) is 10.4. The van der Waals surface area contributed by atoms with Gasteiger partial charge in [-0.15, -0.1) is 11.8 Å². The molecule has 0 bridgehead atoms. The van der Waals surface area contributed by atoms with Crippen molar-refractivity contribution in [1.82, 2.24) is 0 Å². The highest BCUT2D eigenvalue weighted by Crippen LogP contribution is 2.18. The van der Waals surface area contributed by atoms with Crippen molar-refractivity contribution in [2.24, 2.45) is 0 Å². The monoisotopic (exact) mass is 301 g/mol. The van der Waals surface area contributed by atoms with Crippen molar-refractivity contribution in [1.29, 1.82) is 5.41 Å². The molecule has 0 unspecified atom stereocenters. The summed E-state index contributed by atoms with van der Waals surface area (Å²) in [7, 11) is 0. The summed E-state index contributed by atoms with van der Waals surface area (Å²) in [6.45, 7) is 0. The first-order valence-electron chi connectivity index (χ1n) is 6.70. The number of hydrogen-bond donors (Lipinski definition) is 1. The smallest absolute Gasteiger partial charge is 0.0652 e. The summed E-state index contributed by atoms with van der Waals surface area (Å²) in [5, 5.41) is 8.76. The third kappa shape index (κ3) is 5.85. The van der Waals surface area contributed by atoms with E-state index in [9.17, 15) is 0 Å². The lowest BCUT2D eigenvalue weighted by Gasteiger charge is -2.04. The highest BCUT2D eigenvalue weighted by atomic mass is 32.2. The molecule has 0 radical (unpaired) electrons. The van der Waals surface area contributed by atoms with E-state index in [1.165, 1.54) is 11.1 Å². The van der Waals surface area contributed by atoms with Gasteiger partial charge in [0, 0.05) is 17.9 Å². The summed E-state index contributed by atoms with van der Waals surface area (Å²) in [4.78, 5) is 0. The standard InChI is InChI=1S/C17H19NS2/c18-17(20-14-16-9-5-2-6-10-16)11-12-19-13-15-7-3-1-4-8-15/h1-10,18H,11-14H2. The summed E-state index contributed by atoms with van der Waals surface area (Å²) in [5.41, 5.74) is 2.65. The van der Waals surface area contributed by atoms with E-state index in [1.54, 1.807) is 11.8 Å². The highest BCUT2D eigenvalue weighted by molar-refractivity contribution is 8.13. The van der Waals surface area contributed by atoms with Crippen molar-refractivity contribution in [2.75, 3.05) is 5.75 Å². The molecule has 0 saturated heterocycles. The van der Waals surface area contributed by atoms with Crippen LogP contribution in [0.15, 0.2) is 60.7 Å². The zero-order valence-electron chi connectivity index (χ0n) is 11.4. The number of nitrogens with one attached hydrogen (secondary N) is 1. The zero-order valence-corrected chi connectivity index (χ0v) is 13.1. The Kier molecular flexibility index (Phi) is 6.75. The fourth-order valence-corrected chi connectivity index (χ4v) is 3.58. The van der Waals surface area contributed by atoms with Crippen LogP contribution in [0.25, 0.3) is 0 Å². The van der Waals surface area contributed by atoms with Gasteiger partial charge >= 0.3 is 0 Å². The third-order valence-electron chi connectivity index (χ3n) is 2.84. The lowest BCUT2D eigenvalue weighted by atomic mass is 10.2. The van der Waals surface area contributed by atoms with Gasteiger partial charge in [-0.1, -0.05) is 60.7 Å². The molecule has 0 aliphatic rings. The van der Waals surface area contributed by atoms with Gasteiger partial charge in [0.15, 0.2) is 0 Å². The molecule has 0 aromatic heterocycles. The van der Waals surface area contributed by atoms with Gasteiger partial charge in [-0.25, -0.2) is 0 Å². The van der Waals surface area contributed by atoms with Crippen LogP contribution in [-0.2, 0) is 11.5 Å². The topological polar surface area (TPSA) is 23.9 Å². The molecule has 2 aromatic carbocycles. The summed E-state index contributed by atoms with van der Waals surface area (Å²) in [6.07, 6.45) is 0.870. The van der Waals surface area contributed by atoms with E-state index >= 15 is 0 Å². The lowest BCUT2D eigenvalue weighted by molar-refractivity contribution is 1.28. The van der Waals surface area contributed by atoms with E-state index < -0.39 is 0 Å². The van der Waals surface area contributed by atoms with Gasteiger partial charge in [-0.2, -0.15) is 11.8 Å². The van der Waals surface area contributed by atoms with Crippen LogP contribution in [0.1, 0.15) is 17.5 Å². The van der Waals surface area contributed by atoms with E-state index in [-0.39, 0.29) is 0 Å². The Balaban J connectivity index is 1.59. The number of hydrogen-bond acceptors (Lipinski definition) is 3. The Morgan fingerprint density at radius 2 is 1.35 bits per heavy atom. The molecule has 104 valence electrons. The minimum absolute atomic E-state index is 0.786. The molecule has 0 spiro atoms. The molecule has 0 fully saturated rings. The predicted molar refractivity (Wildman–Crippen MR) is 92.7 cm³/mol. The fourth-order valence-electron chi connectivity index (χ4n) is 1.75. The predicted octanol–water partition coefficient (Wildman–Crippen LogP) is 5.22. The minimum atomic E-state index is 0.786. The molecule has 0 aliphatic carbocycles. The fraction of sp³-hybridized carbons (Fsp3) is 0.235. The Labute approximate surface area is 129 Å². The zero-order chi connectivity index (χ0) is 14.0. The van der Waals surface area contributed by atoms with Crippen LogP contribution in [0.2, 0.25) is 0 Å². The van der Waals surface area contributed by atoms with Crippen molar-refractivity contribution in [3.8, 4) is 0 Å². The molecule has 1 nitrogen and oxygen atoms in total. The molecule has 0 heterocycles. The Morgan fingerprint density at radius 1 is 0.800 bits per heavy atom. The van der Waals surface area contributed by atoms with Crippen LogP contribution in [0.3, 0.4) is 0 Å². The van der Waals surface area contributed by atoms with E-state index in [2.05, 4.69) is 48.5 Å². The highest BCUT2D eigenvalue weighted by Gasteiger charge is 2.00. The molecule has 0 amide bonds. The quantitative estimate of drug-likeness (QED) is 0.430. The third-order valence-corrected chi connectivity index (χ3v) is 4.90. The number of benzene rings is 2. The van der Waals surface area contributed by atoms with Crippen LogP contribution in [0.4, 0.5) is 0 Å². The first kappa shape index (κ1) is 15.2. The maximum Gasteiger partial charge on any atom is 0.0652 e. The van der Waals surface area contributed by atoms with Gasteiger partial charge in [0.05, 0.1) is 5.04 Å². The Hall–Kier alpha value is -1.19. The molecular weight excluding hydrogens is 282 g/mol. The molecule has 0 saturated carbocycles. The van der Waals surface area contributed by atoms with E-state index in [0.29, 0.717) is 0 Å². The molecular formula is C17H19NS2. The summed E-state index contributed by atoms with van der Waals surface area (Å²) >= 11 is 3.55. The number of thioether (sulfide) groups is 2. The average Bonchev–Trinajstić information content (AvgIpc) is 2.52. The van der Waals surface area contributed by atoms with Crippen LogP contribution in [-0.4, -0.2) is 10.8 Å². The summed E-state index contributed by atoms with van der Waals surface area (Å²) in [6, 6.07) is 20.9. The van der Waals surface area contributed by atoms with Crippen LogP contribution < -0.4 is 0 Å². The van der Waals surface area contributed by atoms with E-state index in [0.717, 1.165) is 28.7 Å². The van der Waals surface area contributed by atoms with Crippen LogP contribution >= 0.6 is 23.5 Å². The van der Waals surface area contributed by atoms with Crippen molar-refractivity contribution >= 4 is 28.6 Å². The van der Waals surface area contributed by atoms with Gasteiger partial charge in [-0.05, 0) is 16.9 Å². The molecule has 20 heavy (non-hydrogen) atoms. The van der Waals surface area contributed by atoms with Crippen molar-refractivity contribution < 1.29 is 0 Å². The van der Waals surface area contributed by atoms with Crippen LogP contribution in [0.5, 0.6) is 0 Å². The minimum Gasteiger partial charge on any atom is -0.298 e. The second-order valence-electron chi connectivity index (χ2n) is 4.49. The van der Waals surface area contributed by atoms with Gasteiger partial charge in [-0.3, -0.25) is 5.41 Å². The maximum absolute atomic E-state index is 7.97. The Bertz CT molecular complexity index is 511. The Morgan fingerprint density at radius 3 is 1.95 bits per heavy atom. The van der Waals surface area contributed by atoms with Gasteiger partial charge < -0.3 is 0 Å². The number of rotatable bonds is 7. The van der Waals surface area contributed by atoms with Crippen LogP contribution in [0, 0.1) is 5.41 Å². The van der Waals surface area contributed by atoms with Crippen molar-refractivity contribution in [3.05, 3.63) is 71.8 Å². The average molecular weight is 301 g/mol. The molecule has 2 rings (SSSR count). The molecule has 0 atom stereocenters.